The van der Waals surface area contributed by atoms with Crippen LogP contribution in [0.15, 0.2) is 24.5 Å². The van der Waals surface area contributed by atoms with E-state index in [1.807, 2.05) is 0 Å². The van der Waals surface area contributed by atoms with Gasteiger partial charge in [-0.15, -0.1) is 11.6 Å². The number of pyridine rings is 1. The molecule has 4 heteroatoms. The number of nitrogens with zero attached hydrogens (tertiary/aromatic N) is 1. The third-order valence-corrected chi connectivity index (χ3v) is 2.40. The second-order valence-electron chi connectivity index (χ2n) is 3.33. The third kappa shape index (κ3) is 4.30. The zero-order valence-electron chi connectivity index (χ0n) is 8.74. The normalized spacial score (nSPS) is 12.1. The van der Waals surface area contributed by atoms with Crippen LogP contribution in [0.3, 0.4) is 0 Å². The topological polar surface area (TPSA) is 42.0 Å². The Morgan fingerprint density at radius 3 is 2.80 bits per heavy atom. The molecular weight excluding hydrogens is 212 g/mol. The summed E-state index contributed by atoms with van der Waals surface area (Å²) in [6, 6.07) is 3.36. The third-order valence-electron chi connectivity index (χ3n) is 2.03. The van der Waals surface area contributed by atoms with Crippen molar-refractivity contribution in [2.75, 3.05) is 6.54 Å². The van der Waals surface area contributed by atoms with Crippen LogP contribution >= 0.6 is 11.6 Å². The molecule has 1 heterocycles. The average Bonchev–Trinajstić information content (AvgIpc) is 2.27. The molecule has 0 radical (unpaired) electrons. The van der Waals surface area contributed by atoms with Gasteiger partial charge in [0.1, 0.15) is 0 Å². The molecule has 1 N–H and O–H groups in total. The second kappa shape index (κ2) is 6.40. The summed E-state index contributed by atoms with van der Waals surface area (Å²) in [5, 5.41) is 2.80. The highest BCUT2D eigenvalue weighted by molar-refractivity contribution is 6.20. The number of amides is 1. The van der Waals surface area contributed by atoms with Crippen molar-refractivity contribution < 1.29 is 4.79 Å². The van der Waals surface area contributed by atoms with Crippen LogP contribution in [0.2, 0.25) is 0 Å². The highest BCUT2D eigenvalue weighted by Crippen LogP contribution is 2.04. The maximum Gasteiger partial charge on any atom is 0.251 e. The summed E-state index contributed by atoms with van der Waals surface area (Å²) in [4.78, 5) is 15.4. The van der Waals surface area contributed by atoms with E-state index in [2.05, 4.69) is 17.2 Å². The van der Waals surface area contributed by atoms with Gasteiger partial charge in [0.25, 0.3) is 5.91 Å². The number of carbonyl (C=O) groups excluding carboxylic acids is 1. The van der Waals surface area contributed by atoms with Crippen LogP contribution in [0.5, 0.6) is 0 Å². The highest BCUT2D eigenvalue weighted by atomic mass is 35.5. The summed E-state index contributed by atoms with van der Waals surface area (Å²) in [6.07, 6.45) is 5.13. The monoisotopic (exact) mass is 226 g/mol. The first kappa shape index (κ1) is 12.0. The van der Waals surface area contributed by atoms with Crippen LogP contribution in [0.25, 0.3) is 0 Å². The SMILES string of the molecule is CCCC(Cl)CNC(=O)c1ccncc1. The molecule has 0 aromatic carbocycles. The van der Waals surface area contributed by atoms with E-state index in [4.69, 9.17) is 11.6 Å². The predicted octanol–water partition coefficient (Wildman–Crippen LogP) is 2.22. The minimum absolute atomic E-state index is 0.0146. The lowest BCUT2D eigenvalue weighted by atomic mass is 10.2. The van der Waals surface area contributed by atoms with E-state index in [9.17, 15) is 4.79 Å². The van der Waals surface area contributed by atoms with Crippen molar-refractivity contribution in [2.24, 2.45) is 0 Å². The molecule has 1 aromatic rings. The van der Waals surface area contributed by atoms with Crippen molar-refractivity contribution >= 4 is 17.5 Å². The van der Waals surface area contributed by atoms with Crippen molar-refractivity contribution in [3.63, 3.8) is 0 Å². The molecule has 1 unspecified atom stereocenters. The maximum atomic E-state index is 11.6. The quantitative estimate of drug-likeness (QED) is 0.783. The van der Waals surface area contributed by atoms with Crippen LogP contribution in [0.4, 0.5) is 0 Å². The van der Waals surface area contributed by atoms with Crippen molar-refractivity contribution in [3.05, 3.63) is 30.1 Å². The molecule has 0 aliphatic rings. The first-order valence-corrected chi connectivity index (χ1v) is 5.50. The number of hydrogen-bond acceptors (Lipinski definition) is 2. The molecule has 0 aliphatic heterocycles. The van der Waals surface area contributed by atoms with E-state index in [0.29, 0.717) is 12.1 Å². The molecule has 0 spiro atoms. The molecule has 0 bridgehead atoms. The second-order valence-corrected chi connectivity index (χ2v) is 3.95. The fourth-order valence-corrected chi connectivity index (χ4v) is 1.52. The lowest BCUT2D eigenvalue weighted by Crippen LogP contribution is -2.29. The molecule has 1 atom stereocenters. The minimum Gasteiger partial charge on any atom is -0.351 e. The highest BCUT2D eigenvalue weighted by Gasteiger charge is 2.07. The number of alkyl halides is 1. The summed E-state index contributed by atoms with van der Waals surface area (Å²) in [5.74, 6) is -0.0980. The van der Waals surface area contributed by atoms with Gasteiger partial charge in [-0.1, -0.05) is 13.3 Å². The number of aromatic nitrogens is 1. The lowest BCUT2D eigenvalue weighted by molar-refractivity contribution is 0.0953. The molecule has 3 nitrogen and oxygen atoms in total. The van der Waals surface area contributed by atoms with E-state index < -0.39 is 0 Å². The van der Waals surface area contributed by atoms with E-state index in [1.165, 1.54) is 0 Å². The van der Waals surface area contributed by atoms with E-state index in [-0.39, 0.29) is 11.3 Å². The summed E-state index contributed by atoms with van der Waals surface area (Å²) < 4.78 is 0. The van der Waals surface area contributed by atoms with E-state index in [1.54, 1.807) is 24.5 Å². The minimum atomic E-state index is -0.0980. The van der Waals surface area contributed by atoms with Gasteiger partial charge < -0.3 is 5.32 Å². The van der Waals surface area contributed by atoms with Crippen LogP contribution in [0.1, 0.15) is 30.1 Å². The molecule has 1 rings (SSSR count). The van der Waals surface area contributed by atoms with Gasteiger partial charge >= 0.3 is 0 Å². The Kier molecular flexibility index (Phi) is 5.12. The Morgan fingerprint density at radius 2 is 2.20 bits per heavy atom. The summed E-state index contributed by atoms with van der Waals surface area (Å²) in [5.41, 5.74) is 0.616. The molecule has 0 saturated heterocycles. The maximum absolute atomic E-state index is 11.6. The molecule has 1 aromatic heterocycles. The Hall–Kier alpha value is -1.09. The molecule has 82 valence electrons. The average molecular weight is 227 g/mol. The molecule has 0 saturated carbocycles. The number of hydrogen-bond donors (Lipinski definition) is 1. The van der Waals surface area contributed by atoms with Crippen molar-refractivity contribution in [1.29, 1.82) is 0 Å². The fourth-order valence-electron chi connectivity index (χ4n) is 1.22. The lowest BCUT2D eigenvalue weighted by Gasteiger charge is -2.09. The zero-order valence-corrected chi connectivity index (χ0v) is 9.50. The molecule has 0 aliphatic carbocycles. The van der Waals surface area contributed by atoms with Crippen LogP contribution in [0, 0.1) is 0 Å². The van der Waals surface area contributed by atoms with Gasteiger partial charge in [0.05, 0.1) is 5.38 Å². The van der Waals surface area contributed by atoms with Gasteiger partial charge in [-0.25, -0.2) is 0 Å². The summed E-state index contributed by atoms with van der Waals surface area (Å²) in [6.45, 7) is 2.58. The largest absolute Gasteiger partial charge is 0.351 e. The van der Waals surface area contributed by atoms with Gasteiger partial charge in [-0.05, 0) is 18.6 Å². The van der Waals surface area contributed by atoms with Gasteiger partial charge in [-0.3, -0.25) is 9.78 Å². The van der Waals surface area contributed by atoms with Crippen molar-refractivity contribution in [3.8, 4) is 0 Å². The van der Waals surface area contributed by atoms with Gasteiger partial charge in [-0.2, -0.15) is 0 Å². The first-order chi connectivity index (χ1) is 7.24. The van der Waals surface area contributed by atoms with Crippen LogP contribution in [-0.2, 0) is 0 Å². The predicted molar refractivity (Wildman–Crippen MR) is 61.1 cm³/mol. The standard InChI is InChI=1S/C11H15ClN2O/c1-2-3-10(12)8-14-11(15)9-4-6-13-7-5-9/h4-7,10H,2-3,8H2,1H3,(H,14,15). The number of carbonyl (C=O) groups is 1. The molecular formula is C11H15ClN2O. The van der Waals surface area contributed by atoms with Crippen LogP contribution < -0.4 is 5.32 Å². The van der Waals surface area contributed by atoms with Gasteiger partial charge in [0.2, 0.25) is 0 Å². The summed E-state index contributed by atoms with van der Waals surface area (Å²) in [7, 11) is 0. The number of halogens is 1. The Balaban J connectivity index is 2.37. The smallest absolute Gasteiger partial charge is 0.251 e. The Bertz CT molecular complexity index is 303. The first-order valence-electron chi connectivity index (χ1n) is 5.06. The molecule has 1 amide bonds. The van der Waals surface area contributed by atoms with Crippen LogP contribution in [-0.4, -0.2) is 22.8 Å². The molecule has 15 heavy (non-hydrogen) atoms. The number of nitrogens with one attached hydrogen (secondary N) is 1. The van der Waals surface area contributed by atoms with Gasteiger partial charge in [0, 0.05) is 24.5 Å². The zero-order chi connectivity index (χ0) is 11.1. The Morgan fingerprint density at radius 1 is 1.53 bits per heavy atom. The Labute approximate surface area is 94.9 Å². The van der Waals surface area contributed by atoms with E-state index >= 15 is 0 Å². The van der Waals surface area contributed by atoms with Gasteiger partial charge in [0.15, 0.2) is 0 Å². The molecule has 0 fully saturated rings. The van der Waals surface area contributed by atoms with E-state index in [0.717, 1.165) is 12.8 Å². The van der Waals surface area contributed by atoms with Crippen molar-refractivity contribution in [2.45, 2.75) is 25.1 Å². The number of rotatable bonds is 5. The fraction of sp³-hybridized carbons (Fsp3) is 0.455. The van der Waals surface area contributed by atoms with Crippen molar-refractivity contribution in [1.82, 2.24) is 10.3 Å². The summed E-state index contributed by atoms with van der Waals surface area (Å²) >= 11 is 5.99.